The molecule has 1 aliphatic heterocycles. The average Bonchev–Trinajstić information content (AvgIpc) is 2.86. The van der Waals surface area contributed by atoms with Crippen molar-refractivity contribution in [2.75, 3.05) is 13.1 Å². The SMILES string of the molecule is CCNCc1c(C)oc(C)c1S(=O)(=O)N1CCCC1(C)C. The lowest BCUT2D eigenvalue weighted by Gasteiger charge is -2.30. The molecule has 21 heavy (non-hydrogen) atoms. The van der Waals surface area contributed by atoms with Gasteiger partial charge in [-0.1, -0.05) is 6.92 Å². The monoisotopic (exact) mass is 314 g/mol. The molecule has 120 valence electrons. The van der Waals surface area contributed by atoms with E-state index in [-0.39, 0.29) is 5.54 Å². The van der Waals surface area contributed by atoms with Gasteiger partial charge in [-0.3, -0.25) is 0 Å². The molecule has 0 unspecified atom stereocenters. The highest BCUT2D eigenvalue weighted by Crippen LogP contribution is 2.37. The van der Waals surface area contributed by atoms with E-state index < -0.39 is 10.0 Å². The Labute approximate surface area is 127 Å². The molecule has 2 rings (SSSR count). The summed E-state index contributed by atoms with van der Waals surface area (Å²) < 4.78 is 33.5. The van der Waals surface area contributed by atoms with Crippen LogP contribution in [0.1, 0.15) is 50.7 Å². The number of hydrogen-bond acceptors (Lipinski definition) is 4. The summed E-state index contributed by atoms with van der Waals surface area (Å²) >= 11 is 0. The lowest BCUT2D eigenvalue weighted by atomic mass is 10.0. The predicted molar refractivity (Wildman–Crippen MR) is 82.8 cm³/mol. The van der Waals surface area contributed by atoms with E-state index in [9.17, 15) is 8.42 Å². The van der Waals surface area contributed by atoms with Gasteiger partial charge in [-0.15, -0.1) is 0 Å². The minimum atomic E-state index is -3.52. The van der Waals surface area contributed by atoms with E-state index in [1.165, 1.54) is 0 Å². The van der Waals surface area contributed by atoms with Crippen LogP contribution < -0.4 is 5.32 Å². The molecule has 5 nitrogen and oxygen atoms in total. The van der Waals surface area contributed by atoms with Gasteiger partial charge in [0, 0.05) is 24.2 Å². The molecule has 1 fully saturated rings. The lowest BCUT2D eigenvalue weighted by Crippen LogP contribution is -2.43. The van der Waals surface area contributed by atoms with Crippen LogP contribution in [0.3, 0.4) is 0 Å². The van der Waals surface area contributed by atoms with Gasteiger partial charge in [-0.25, -0.2) is 8.42 Å². The second kappa shape index (κ2) is 5.74. The van der Waals surface area contributed by atoms with E-state index >= 15 is 0 Å². The standard InChI is InChI=1S/C15H26N2O3S/c1-6-16-10-13-11(2)20-12(3)14(13)21(18,19)17-9-7-8-15(17,4)5/h16H,6-10H2,1-5H3. The highest BCUT2D eigenvalue weighted by atomic mass is 32.2. The molecule has 0 saturated carbocycles. The van der Waals surface area contributed by atoms with Gasteiger partial charge < -0.3 is 9.73 Å². The maximum Gasteiger partial charge on any atom is 0.247 e. The van der Waals surface area contributed by atoms with Gasteiger partial charge >= 0.3 is 0 Å². The van der Waals surface area contributed by atoms with Crippen molar-refractivity contribution in [1.82, 2.24) is 9.62 Å². The highest BCUT2D eigenvalue weighted by molar-refractivity contribution is 7.89. The normalized spacial score (nSPS) is 19.3. The van der Waals surface area contributed by atoms with Crippen LogP contribution in [-0.2, 0) is 16.6 Å². The summed E-state index contributed by atoms with van der Waals surface area (Å²) in [6.45, 7) is 11.4. The van der Waals surface area contributed by atoms with E-state index in [1.54, 1.807) is 11.2 Å². The van der Waals surface area contributed by atoms with Crippen LogP contribution in [-0.4, -0.2) is 31.4 Å². The molecule has 0 aromatic carbocycles. The molecule has 1 saturated heterocycles. The van der Waals surface area contributed by atoms with Gasteiger partial charge in [-0.2, -0.15) is 4.31 Å². The first kappa shape index (κ1) is 16.5. The van der Waals surface area contributed by atoms with Crippen molar-refractivity contribution in [3.63, 3.8) is 0 Å². The van der Waals surface area contributed by atoms with Crippen LogP contribution in [0.15, 0.2) is 9.31 Å². The molecule has 0 aliphatic carbocycles. The molecule has 1 aromatic heterocycles. The maximum absolute atomic E-state index is 13.1. The van der Waals surface area contributed by atoms with Crippen LogP contribution in [0.4, 0.5) is 0 Å². The molecule has 6 heteroatoms. The molecule has 0 atom stereocenters. The number of hydrogen-bond donors (Lipinski definition) is 1. The van der Waals surface area contributed by atoms with Gasteiger partial charge in [0.25, 0.3) is 0 Å². The van der Waals surface area contributed by atoms with Crippen LogP contribution in [0.25, 0.3) is 0 Å². The second-order valence-electron chi connectivity index (χ2n) is 6.30. The van der Waals surface area contributed by atoms with Crippen LogP contribution >= 0.6 is 0 Å². The topological polar surface area (TPSA) is 62.6 Å². The zero-order chi connectivity index (χ0) is 15.8. The third-order valence-corrected chi connectivity index (χ3v) is 6.56. The fourth-order valence-electron chi connectivity index (χ4n) is 3.14. The van der Waals surface area contributed by atoms with Crippen LogP contribution in [0, 0.1) is 13.8 Å². The Kier molecular flexibility index (Phi) is 4.52. The summed E-state index contributed by atoms with van der Waals surface area (Å²) in [4.78, 5) is 0.357. The molecular formula is C15H26N2O3S. The molecule has 1 N–H and O–H groups in total. The van der Waals surface area contributed by atoms with E-state index in [0.717, 1.165) is 24.9 Å². The molecule has 2 heterocycles. The summed E-state index contributed by atoms with van der Waals surface area (Å²) in [5, 5.41) is 3.20. The number of nitrogens with one attached hydrogen (secondary N) is 1. The summed E-state index contributed by atoms with van der Waals surface area (Å²) in [6, 6.07) is 0. The number of aryl methyl sites for hydroxylation is 2. The van der Waals surface area contributed by atoms with E-state index in [4.69, 9.17) is 4.42 Å². The second-order valence-corrected chi connectivity index (χ2v) is 8.09. The Morgan fingerprint density at radius 3 is 2.48 bits per heavy atom. The smallest absolute Gasteiger partial charge is 0.247 e. The van der Waals surface area contributed by atoms with Gasteiger partial charge in [0.05, 0.1) is 0 Å². The number of nitrogens with zero attached hydrogens (tertiary/aromatic N) is 1. The van der Waals surface area contributed by atoms with Crippen molar-refractivity contribution in [1.29, 1.82) is 0 Å². The minimum Gasteiger partial charge on any atom is -0.465 e. The van der Waals surface area contributed by atoms with E-state index in [2.05, 4.69) is 5.32 Å². The average molecular weight is 314 g/mol. The Hall–Kier alpha value is -0.850. The fraction of sp³-hybridized carbons (Fsp3) is 0.733. The summed E-state index contributed by atoms with van der Waals surface area (Å²) in [6.07, 6.45) is 1.80. The molecular weight excluding hydrogens is 288 g/mol. The first-order valence-electron chi connectivity index (χ1n) is 7.54. The molecule has 0 amide bonds. The van der Waals surface area contributed by atoms with E-state index in [0.29, 0.717) is 29.5 Å². The molecule has 1 aliphatic rings. The first-order chi connectivity index (χ1) is 9.71. The Morgan fingerprint density at radius 1 is 1.29 bits per heavy atom. The zero-order valence-electron chi connectivity index (χ0n) is 13.6. The predicted octanol–water partition coefficient (Wildman–Crippen LogP) is 2.57. The third-order valence-electron chi connectivity index (χ3n) is 4.25. The fourth-order valence-corrected chi connectivity index (χ4v) is 5.40. The number of rotatable bonds is 5. The van der Waals surface area contributed by atoms with Gasteiger partial charge in [0.1, 0.15) is 16.4 Å². The zero-order valence-corrected chi connectivity index (χ0v) is 14.4. The van der Waals surface area contributed by atoms with Crippen LogP contribution in [0.2, 0.25) is 0 Å². The maximum atomic E-state index is 13.1. The highest BCUT2D eigenvalue weighted by Gasteiger charge is 2.43. The van der Waals surface area contributed by atoms with Crippen molar-refractivity contribution in [2.24, 2.45) is 0 Å². The summed E-state index contributed by atoms with van der Waals surface area (Å²) in [5.41, 5.74) is 0.434. The number of sulfonamides is 1. The quantitative estimate of drug-likeness (QED) is 0.907. The minimum absolute atomic E-state index is 0.327. The van der Waals surface area contributed by atoms with Crippen molar-refractivity contribution in [3.8, 4) is 0 Å². The van der Waals surface area contributed by atoms with Crippen molar-refractivity contribution in [3.05, 3.63) is 17.1 Å². The Morgan fingerprint density at radius 2 is 1.95 bits per heavy atom. The largest absolute Gasteiger partial charge is 0.465 e. The van der Waals surface area contributed by atoms with Gasteiger partial charge in [-0.05, 0) is 47.1 Å². The van der Waals surface area contributed by atoms with Crippen molar-refractivity contribution in [2.45, 2.75) is 64.4 Å². The molecule has 0 bridgehead atoms. The van der Waals surface area contributed by atoms with Gasteiger partial charge in [0.15, 0.2) is 0 Å². The number of furan rings is 1. The van der Waals surface area contributed by atoms with E-state index in [1.807, 2.05) is 27.7 Å². The summed E-state index contributed by atoms with van der Waals surface area (Å²) in [7, 11) is -3.52. The Bertz CT molecular complexity index is 617. The van der Waals surface area contributed by atoms with Crippen molar-refractivity contribution < 1.29 is 12.8 Å². The molecule has 0 spiro atoms. The third kappa shape index (κ3) is 2.89. The molecule has 0 radical (unpaired) electrons. The van der Waals surface area contributed by atoms with Gasteiger partial charge in [0.2, 0.25) is 10.0 Å². The molecule has 1 aromatic rings. The van der Waals surface area contributed by atoms with Crippen molar-refractivity contribution >= 4 is 10.0 Å². The summed E-state index contributed by atoms with van der Waals surface area (Å²) in [5.74, 6) is 1.17. The Balaban J connectivity index is 2.50. The first-order valence-corrected chi connectivity index (χ1v) is 8.98. The lowest BCUT2D eigenvalue weighted by molar-refractivity contribution is 0.291. The van der Waals surface area contributed by atoms with Crippen LogP contribution in [0.5, 0.6) is 0 Å².